The smallest absolute Gasteiger partial charge is 0.346 e. The van der Waals surface area contributed by atoms with Crippen molar-refractivity contribution in [3.8, 4) is 0 Å². The normalized spacial score (nSPS) is 48.2. The lowest BCUT2D eigenvalue weighted by atomic mass is 9.44. The van der Waals surface area contributed by atoms with E-state index in [2.05, 4.69) is 0 Å². The largest absolute Gasteiger partial charge is 0.390 e. The number of fused-ring (bicyclic) bond motifs is 5. The Balaban J connectivity index is 1.38. The monoisotopic (exact) mass is 615 g/mol. The number of Topliss-reactive ketones (excluding diaryl/α,β-unsaturated/α-hetero) is 1. The van der Waals surface area contributed by atoms with E-state index in [1.54, 1.807) is 0 Å². The van der Waals surface area contributed by atoms with Crippen LogP contribution in [-0.2, 0) is 28.2 Å². The minimum atomic E-state index is -4.21. The number of carbonyl (C=O) groups excluding carboxylic acids is 2. The zero-order valence-electron chi connectivity index (χ0n) is 29.3. The first-order valence-electron chi connectivity index (χ1n) is 17.3. The Morgan fingerprint density at radius 3 is 2.40 bits per heavy atom. The molecule has 0 bridgehead atoms. The third-order valence-electron chi connectivity index (χ3n) is 11.1. The van der Waals surface area contributed by atoms with Crippen LogP contribution in [0.25, 0.3) is 0 Å². The van der Waals surface area contributed by atoms with E-state index >= 15 is 4.39 Å². The summed E-state index contributed by atoms with van der Waals surface area (Å²) in [5.74, 6) is -5.36. The Morgan fingerprint density at radius 1 is 1.21 bits per heavy atom. The topological polar surface area (TPSA) is 126 Å². The lowest BCUT2D eigenvalue weighted by Gasteiger charge is -2.62. The van der Waals surface area contributed by atoms with Gasteiger partial charge < -0.3 is 19.7 Å². The SMILES string of the molecule is [2H]C1=C2C([2H])([2H])C[C@H]3[C@@H]4C[C@@H](C)[C@](O)(C(=O)C([2H])([2H])OP(=O)(N5CCOCC5)N5CCOCC5)[C@@]4(C)C[C@H](O)[C@]3(F)[C@@]2(C)C=CC1=O. The second-order valence-corrected chi connectivity index (χ2v) is 15.2. The number of nitrogens with zero attached hydrogens (tertiary/aromatic N) is 2. The van der Waals surface area contributed by atoms with Crippen LogP contribution in [0.3, 0.4) is 0 Å². The maximum absolute atomic E-state index is 17.8. The van der Waals surface area contributed by atoms with Crippen molar-refractivity contribution in [3.05, 3.63) is 23.8 Å². The maximum Gasteiger partial charge on any atom is 0.346 e. The molecular formula is C30H44FN2O8P. The fourth-order valence-corrected chi connectivity index (χ4v) is 10.8. The predicted octanol–water partition coefficient (Wildman–Crippen LogP) is 2.69. The highest BCUT2D eigenvalue weighted by Gasteiger charge is 2.75. The molecule has 5 fully saturated rings. The molecule has 0 aromatic heterocycles. The number of ether oxygens (including phenoxy) is 2. The molecule has 234 valence electrons. The molecule has 0 radical (unpaired) electrons. The molecule has 4 aliphatic carbocycles. The first kappa shape index (κ1) is 25.0. The Bertz CT molecular complexity index is 1430. The Kier molecular flexibility index (Phi) is 6.33. The molecule has 0 spiro atoms. The van der Waals surface area contributed by atoms with Crippen LogP contribution in [0.2, 0.25) is 0 Å². The zero-order chi connectivity index (χ0) is 34.6. The first-order chi connectivity index (χ1) is 21.7. The van der Waals surface area contributed by atoms with Gasteiger partial charge in [0.05, 0.1) is 36.6 Å². The Morgan fingerprint density at radius 2 is 1.81 bits per heavy atom. The minimum absolute atomic E-state index is 0.00987. The molecule has 6 rings (SSSR count). The molecule has 12 heteroatoms. The van der Waals surface area contributed by atoms with E-state index in [0.717, 1.165) is 6.08 Å². The summed E-state index contributed by atoms with van der Waals surface area (Å²) in [6.07, 6.45) is -3.02. The van der Waals surface area contributed by atoms with Gasteiger partial charge in [-0.05, 0) is 56.5 Å². The quantitative estimate of drug-likeness (QED) is 0.431. The van der Waals surface area contributed by atoms with Crippen LogP contribution in [0, 0.1) is 28.6 Å². The van der Waals surface area contributed by atoms with Crippen molar-refractivity contribution in [3.63, 3.8) is 0 Å². The summed E-state index contributed by atoms with van der Waals surface area (Å²) < 4.78 is 95.9. The van der Waals surface area contributed by atoms with Crippen molar-refractivity contribution in [2.75, 3.05) is 59.2 Å². The van der Waals surface area contributed by atoms with Crippen molar-refractivity contribution in [1.29, 1.82) is 0 Å². The van der Waals surface area contributed by atoms with Crippen molar-refractivity contribution in [1.82, 2.24) is 9.34 Å². The number of halogens is 1. The summed E-state index contributed by atoms with van der Waals surface area (Å²) in [5.41, 5.74) is -8.99. The zero-order valence-corrected chi connectivity index (χ0v) is 25.2. The van der Waals surface area contributed by atoms with E-state index in [1.807, 2.05) is 0 Å². The van der Waals surface area contributed by atoms with E-state index in [4.69, 9.17) is 20.9 Å². The van der Waals surface area contributed by atoms with E-state index in [9.17, 15) is 24.4 Å². The third kappa shape index (κ3) is 4.18. The van der Waals surface area contributed by atoms with Gasteiger partial charge in [-0.3, -0.25) is 18.7 Å². The molecule has 6 aliphatic rings. The number of allylic oxidation sites excluding steroid dienone is 4. The second kappa shape index (κ2) is 10.7. The molecule has 0 amide bonds. The summed E-state index contributed by atoms with van der Waals surface area (Å²) >= 11 is 0. The fraction of sp³-hybridized carbons (Fsp3) is 0.800. The highest BCUT2D eigenvalue weighted by atomic mass is 31.2. The van der Waals surface area contributed by atoms with Gasteiger partial charge in [-0.15, -0.1) is 0 Å². The van der Waals surface area contributed by atoms with E-state index < -0.39 is 97.0 Å². The van der Waals surface area contributed by atoms with Gasteiger partial charge in [-0.2, -0.15) is 0 Å². The fourth-order valence-electron chi connectivity index (χ4n) is 8.63. The van der Waals surface area contributed by atoms with Crippen LogP contribution in [0.1, 0.15) is 53.3 Å². The van der Waals surface area contributed by atoms with Crippen LogP contribution >= 0.6 is 7.67 Å². The van der Waals surface area contributed by atoms with Crippen LogP contribution in [0.5, 0.6) is 0 Å². The number of ketones is 2. The number of carbonyl (C=O) groups is 2. The van der Waals surface area contributed by atoms with Gasteiger partial charge in [-0.1, -0.05) is 25.5 Å². The van der Waals surface area contributed by atoms with Crippen LogP contribution < -0.4 is 0 Å². The number of aliphatic hydroxyl groups excluding tert-OH is 1. The van der Waals surface area contributed by atoms with Crippen LogP contribution in [0.15, 0.2) is 23.8 Å². The third-order valence-corrected chi connectivity index (χ3v) is 13.6. The Labute approximate surface area is 253 Å². The number of rotatable bonds is 6. The molecule has 42 heavy (non-hydrogen) atoms. The molecule has 0 unspecified atom stereocenters. The summed E-state index contributed by atoms with van der Waals surface area (Å²) in [7, 11) is -4.21. The molecule has 2 aliphatic heterocycles. The van der Waals surface area contributed by atoms with Crippen LogP contribution in [-0.4, -0.2) is 108 Å². The molecule has 8 atom stereocenters. The molecule has 2 saturated heterocycles. The van der Waals surface area contributed by atoms with Crippen molar-refractivity contribution in [2.45, 2.75) is 63.8 Å². The highest BCUT2D eigenvalue weighted by molar-refractivity contribution is 7.54. The number of alkyl halides is 1. The van der Waals surface area contributed by atoms with Gasteiger partial charge >= 0.3 is 7.67 Å². The molecule has 3 saturated carbocycles. The first-order valence-corrected chi connectivity index (χ1v) is 16.3. The average Bonchev–Trinajstić information content (AvgIpc) is 3.22. The van der Waals surface area contributed by atoms with Gasteiger partial charge in [0.25, 0.3) is 0 Å². The van der Waals surface area contributed by atoms with E-state index in [1.165, 1.54) is 36.2 Å². The lowest BCUT2D eigenvalue weighted by Crippen LogP contribution is -2.69. The molecule has 2 N–H and O–H groups in total. The standard InChI is InChI=1S/C30H44FN2O8P/c1-20-16-24-23-5-4-21-17-22(34)6-7-27(21,2)29(23,31)25(35)18-28(24,3)30(20,37)26(36)19-41-42(38,32-8-12-39-13-9-32)33-10-14-40-15-11-33/h6-7,17,20,23-25,35,37H,4-5,8-16,18-19H2,1-3H3/t20-,23+,24+,25+,27+,28+,29+,30+/m1/s1/i4D2,17D,19D2. The van der Waals surface area contributed by atoms with Gasteiger partial charge in [0.2, 0.25) is 0 Å². The predicted molar refractivity (Wildman–Crippen MR) is 151 cm³/mol. The van der Waals surface area contributed by atoms with Crippen molar-refractivity contribution in [2.24, 2.45) is 28.6 Å². The van der Waals surface area contributed by atoms with Gasteiger partial charge in [-0.25, -0.2) is 13.7 Å². The average molecular weight is 616 g/mol. The summed E-state index contributed by atoms with van der Waals surface area (Å²) in [4.78, 5) is 26.9. The van der Waals surface area contributed by atoms with Gasteiger partial charge in [0, 0.05) is 45.7 Å². The number of morpholine rings is 2. The number of hydrogen-bond acceptors (Lipinski definition) is 8. The van der Waals surface area contributed by atoms with E-state index in [-0.39, 0.29) is 64.6 Å². The molecule has 0 aromatic rings. The number of aliphatic hydroxyl groups is 2. The number of hydrogen-bond donors (Lipinski definition) is 2. The lowest BCUT2D eigenvalue weighted by molar-refractivity contribution is -0.219. The molecule has 10 nitrogen and oxygen atoms in total. The summed E-state index contributed by atoms with van der Waals surface area (Å²) in [6.45, 7) is 2.58. The van der Waals surface area contributed by atoms with Crippen molar-refractivity contribution < 1.29 is 49.6 Å². The minimum Gasteiger partial charge on any atom is -0.390 e. The summed E-state index contributed by atoms with van der Waals surface area (Å²) in [6, 6.07) is -0.655. The van der Waals surface area contributed by atoms with E-state index in [0.29, 0.717) is 0 Å². The van der Waals surface area contributed by atoms with Gasteiger partial charge in [0.1, 0.15) is 12.2 Å². The Hall–Kier alpha value is -1.30. The molecular weight excluding hydrogens is 566 g/mol. The second-order valence-electron chi connectivity index (χ2n) is 12.9. The summed E-state index contributed by atoms with van der Waals surface area (Å²) in [5, 5.41) is 24.2. The van der Waals surface area contributed by atoms with Gasteiger partial charge in [0.15, 0.2) is 17.2 Å². The molecule has 2 heterocycles. The maximum atomic E-state index is 17.8. The molecule has 0 aromatic carbocycles. The van der Waals surface area contributed by atoms with Crippen LogP contribution in [0.4, 0.5) is 4.39 Å². The van der Waals surface area contributed by atoms with Crippen molar-refractivity contribution >= 4 is 19.2 Å². The highest BCUT2D eigenvalue weighted by Crippen LogP contribution is 2.71.